The number of rotatable bonds is 7. The van der Waals surface area contributed by atoms with Crippen LogP contribution in [0.5, 0.6) is 0 Å². The molecule has 0 bridgehead atoms. The molecule has 5 nitrogen and oxygen atoms in total. The molecule has 0 unspecified atom stereocenters. The second kappa shape index (κ2) is 14.7. The molecule has 0 amide bonds. The minimum absolute atomic E-state index is 0.559. The summed E-state index contributed by atoms with van der Waals surface area (Å²) in [6.45, 7) is 0. The highest BCUT2D eigenvalue weighted by Crippen LogP contribution is 2.41. The Labute approximate surface area is 357 Å². The molecule has 0 radical (unpaired) electrons. The Morgan fingerprint density at radius 3 is 1.13 bits per heavy atom. The highest BCUT2D eigenvalue weighted by molar-refractivity contribution is 6.14. The van der Waals surface area contributed by atoms with E-state index in [4.69, 9.17) is 23.8 Å². The van der Waals surface area contributed by atoms with E-state index in [2.05, 4.69) is 140 Å². The number of hydrogen-bond donors (Lipinski definition) is 0. The molecule has 0 aliphatic rings. The molecule has 0 saturated carbocycles. The average molecular weight is 794 g/mol. The Balaban J connectivity index is 1.00. The van der Waals surface area contributed by atoms with Crippen molar-refractivity contribution in [3.05, 3.63) is 212 Å². The number of aromatic nitrogens is 3. The Kier molecular flexibility index (Phi) is 8.42. The van der Waals surface area contributed by atoms with Crippen LogP contribution in [0.1, 0.15) is 0 Å². The smallest absolute Gasteiger partial charge is 0.164 e. The van der Waals surface area contributed by atoms with Crippen molar-refractivity contribution in [2.45, 2.75) is 0 Å². The quantitative estimate of drug-likeness (QED) is 0.161. The number of nitrogens with zero attached hydrogens (tertiary/aromatic N) is 3. The fourth-order valence-corrected chi connectivity index (χ4v) is 8.71. The lowest BCUT2D eigenvalue weighted by molar-refractivity contribution is 0.668. The van der Waals surface area contributed by atoms with Crippen LogP contribution in [-0.2, 0) is 0 Å². The van der Waals surface area contributed by atoms with E-state index >= 15 is 0 Å². The van der Waals surface area contributed by atoms with E-state index < -0.39 is 0 Å². The molecule has 3 heterocycles. The van der Waals surface area contributed by atoms with Crippen LogP contribution in [-0.4, -0.2) is 15.0 Å². The standard InChI is InChI=1S/C57H35N3O2/c1-4-13-36(14-5-1)38-25-27-39(28-26-38)41-19-10-20-42(33-41)44-30-32-50-48(35-44)54-46(22-12-24-52(54)62-50)57-59-55(40-17-8-3-9-18-40)58-56(60-57)45-21-11-23-51-53(45)47-34-43(29-31-49(47)61-51)37-15-6-2-7-16-37/h1-35H. The second-order valence-electron chi connectivity index (χ2n) is 15.5. The molecule has 12 aromatic rings. The molecule has 62 heavy (non-hydrogen) atoms. The third-order valence-electron chi connectivity index (χ3n) is 11.8. The summed E-state index contributed by atoms with van der Waals surface area (Å²) in [5, 5.41) is 3.91. The Morgan fingerprint density at radius 1 is 0.242 bits per heavy atom. The molecular formula is C57H35N3O2. The van der Waals surface area contributed by atoms with E-state index in [1.54, 1.807) is 0 Å². The number of fused-ring (bicyclic) bond motifs is 6. The van der Waals surface area contributed by atoms with Crippen LogP contribution in [0.15, 0.2) is 221 Å². The van der Waals surface area contributed by atoms with Crippen molar-refractivity contribution in [2.24, 2.45) is 0 Å². The molecule has 0 saturated heterocycles. The summed E-state index contributed by atoms with van der Waals surface area (Å²) >= 11 is 0. The first kappa shape index (κ1) is 35.5. The van der Waals surface area contributed by atoms with Gasteiger partial charge < -0.3 is 8.83 Å². The summed E-state index contributed by atoms with van der Waals surface area (Å²) in [7, 11) is 0. The number of benzene rings is 9. The monoisotopic (exact) mass is 793 g/mol. The van der Waals surface area contributed by atoms with Crippen molar-refractivity contribution < 1.29 is 8.83 Å². The first-order valence-corrected chi connectivity index (χ1v) is 20.7. The van der Waals surface area contributed by atoms with Crippen LogP contribution in [0.2, 0.25) is 0 Å². The predicted octanol–water partition coefficient (Wildman–Crippen LogP) is 15.3. The molecular weight excluding hydrogens is 759 g/mol. The molecule has 0 fully saturated rings. The molecule has 9 aromatic carbocycles. The van der Waals surface area contributed by atoms with Gasteiger partial charge in [-0.15, -0.1) is 0 Å². The Morgan fingerprint density at radius 2 is 0.597 bits per heavy atom. The SMILES string of the molecule is c1ccc(-c2ccc(-c3cccc(-c4ccc5oc6cccc(-c7nc(-c8ccccc8)nc(-c8cccc9oc%10ccc(-c%11ccccc%11)cc%10c89)n7)c6c5c4)c3)cc2)cc1. The van der Waals surface area contributed by atoms with Gasteiger partial charge >= 0.3 is 0 Å². The summed E-state index contributed by atoms with van der Waals surface area (Å²) in [6.07, 6.45) is 0. The minimum Gasteiger partial charge on any atom is -0.456 e. The van der Waals surface area contributed by atoms with E-state index in [1.165, 1.54) is 16.7 Å². The molecule has 12 rings (SSSR count). The van der Waals surface area contributed by atoms with Crippen LogP contribution in [0, 0.1) is 0 Å². The van der Waals surface area contributed by atoms with Gasteiger partial charge in [0.25, 0.3) is 0 Å². The highest BCUT2D eigenvalue weighted by Gasteiger charge is 2.21. The van der Waals surface area contributed by atoms with Crippen LogP contribution in [0.3, 0.4) is 0 Å². The van der Waals surface area contributed by atoms with Gasteiger partial charge in [-0.2, -0.15) is 0 Å². The van der Waals surface area contributed by atoms with Crippen LogP contribution in [0.4, 0.5) is 0 Å². The molecule has 5 heteroatoms. The number of hydrogen-bond acceptors (Lipinski definition) is 5. The van der Waals surface area contributed by atoms with Gasteiger partial charge in [0, 0.05) is 38.2 Å². The van der Waals surface area contributed by atoms with E-state index in [0.29, 0.717) is 17.5 Å². The van der Waals surface area contributed by atoms with Crippen molar-refractivity contribution in [3.63, 3.8) is 0 Å². The van der Waals surface area contributed by atoms with Crippen LogP contribution in [0.25, 0.3) is 123 Å². The second-order valence-corrected chi connectivity index (χ2v) is 15.5. The van der Waals surface area contributed by atoms with E-state index in [1.807, 2.05) is 72.8 Å². The van der Waals surface area contributed by atoms with Gasteiger partial charge in [-0.3, -0.25) is 0 Å². The normalized spacial score (nSPS) is 11.5. The molecule has 0 N–H and O–H groups in total. The maximum atomic E-state index is 6.54. The van der Waals surface area contributed by atoms with Crippen molar-refractivity contribution in [1.82, 2.24) is 15.0 Å². The van der Waals surface area contributed by atoms with Crippen LogP contribution >= 0.6 is 0 Å². The van der Waals surface area contributed by atoms with Crippen molar-refractivity contribution in [3.8, 4) is 78.7 Å². The van der Waals surface area contributed by atoms with Gasteiger partial charge in [-0.1, -0.05) is 170 Å². The average Bonchev–Trinajstić information content (AvgIpc) is 3.93. The summed E-state index contributed by atoms with van der Waals surface area (Å²) in [4.78, 5) is 15.6. The maximum absolute atomic E-state index is 6.54. The third kappa shape index (κ3) is 6.23. The van der Waals surface area contributed by atoms with Gasteiger partial charge in [0.1, 0.15) is 22.3 Å². The van der Waals surface area contributed by atoms with Gasteiger partial charge in [-0.05, 0) is 87.0 Å². The first-order valence-electron chi connectivity index (χ1n) is 20.7. The summed E-state index contributed by atoms with van der Waals surface area (Å²) in [6, 6.07) is 73.5. The molecule has 290 valence electrons. The van der Waals surface area contributed by atoms with Crippen molar-refractivity contribution in [2.75, 3.05) is 0 Å². The molecule has 0 spiro atoms. The lowest BCUT2D eigenvalue weighted by Crippen LogP contribution is -2.00. The van der Waals surface area contributed by atoms with Gasteiger partial charge in [0.15, 0.2) is 17.5 Å². The maximum Gasteiger partial charge on any atom is 0.164 e. The molecule has 0 aliphatic carbocycles. The Bertz CT molecular complexity index is 3610. The van der Waals surface area contributed by atoms with Gasteiger partial charge in [0.05, 0.1) is 0 Å². The zero-order chi connectivity index (χ0) is 41.0. The summed E-state index contributed by atoms with van der Waals surface area (Å²) in [5.41, 5.74) is 15.0. The Hall–Kier alpha value is -8.41. The first-order chi connectivity index (χ1) is 30.7. The lowest BCUT2D eigenvalue weighted by atomic mass is 9.96. The molecule has 0 atom stereocenters. The predicted molar refractivity (Wildman–Crippen MR) is 252 cm³/mol. The van der Waals surface area contributed by atoms with E-state index in [-0.39, 0.29) is 0 Å². The van der Waals surface area contributed by atoms with Crippen molar-refractivity contribution >= 4 is 43.9 Å². The topological polar surface area (TPSA) is 65.0 Å². The third-order valence-corrected chi connectivity index (χ3v) is 11.8. The summed E-state index contributed by atoms with van der Waals surface area (Å²) in [5.74, 6) is 1.70. The number of furan rings is 2. The van der Waals surface area contributed by atoms with Crippen LogP contribution < -0.4 is 0 Å². The van der Waals surface area contributed by atoms with E-state index in [9.17, 15) is 0 Å². The van der Waals surface area contributed by atoms with Crippen molar-refractivity contribution in [1.29, 1.82) is 0 Å². The molecule has 0 aliphatic heterocycles. The zero-order valence-electron chi connectivity index (χ0n) is 33.4. The lowest BCUT2D eigenvalue weighted by Gasteiger charge is -2.10. The zero-order valence-corrected chi connectivity index (χ0v) is 33.4. The van der Waals surface area contributed by atoms with E-state index in [0.717, 1.165) is 88.4 Å². The van der Waals surface area contributed by atoms with Gasteiger partial charge in [0.2, 0.25) is 0 Å². The van der Waals surface area contributed by atoms with Gasteiger partial charge in [-0.25, -0.2) is 15.0 Å². The summed E-state index contributed by atoms with van der Waals surface area (Å²) < 4.78 is 13.0. The largest absolute Gasteiger partial charge is 0.456 e. The fourth-order valence-electron chi connectivity index (χ4n) is 8.71. The fraction of sp³-hybridized carbons (Fsp3) is 0. The molecule has 3 aromatic heterocycles. The minimum atomic E-state index is 0.559. The highest BCUT2D eigenvalue weighted by atomic mass is 16.3.